The molecule has 0 unspecified atom stereocenters. The van der Waals surface area contributed by atoms with Crippen molar-refractivity contribution in [2.45, 2.75) is 31.6 Å². The molecule has 1 amide bonds. The van der Waals surface area contributed by atoms with Gasteiger partial charge in [-0.15, -0.1) is 0 Å². The summed E-state index contributed by atoms with van der Waals surface area (Å²) in [6.07, 6.45) is 2.03. The van der Waals surface area contributed by atoms with Gasteiger partial charge in [-0.1, -0.05) is 17.7 Å². The van der Waals surface area contributed by atoms with Crippen LogP contribution in [0.3, 0.4) is 0 Å². The summed E-state index contributed by atoms with van der Waals surface area (Å²) in [5, 5.41) is 0.505. The quantitative estimate of drug-likeness (QED) is 0.854. The van der Waals surface area contributed by atoms with Crippen LogP contribution in [0.5, 0.6) is 0 Å². The zero-order valence-electron chi connectivity index (χ0n) is 9.36. The number of primary amides is 1. The second-order valence-electron chi connectivity index (χ2n) is 4.33. The monoisotopic (exact) mass is 254 g/mol. The fraction of sp³-hybridized carbons (Fsp3) is 0.417. The molecule has 0 aliphatic heterocycles. The van der Waals surface area contributed by atoms with Crippen LogP contribution < -0.4 is 11.5 Å². The second-order valence-corrected chi connectivity index (χ2v) is 4.74. The summed E-state index contributed by atoms with van der Waals surface area (Å²) in [6.45, 7) is 0.440. The van der Waals surface area contributed by atoms with E-state index in [0.717, 1.165) is 18.4 Å². The molecule has 1 saturated carbocycles. The van der Waals surface area contributed by atoms with Crippen molar-refractivity contribution in [2.75, 3.05) is 0 Å². The standard InChI is InChI=1S/C12H15ClN2O2/c13-11-3-7(12(15)16)1-2-8(11)6-17-10-4-9(14)5-10/h1-3,9-10H,4-6,14H2,(H2,15,16). The van der Waals surface area contributed by atoms with Crippen molar-refractivity contribution in [3.05, 3.63) is 34.3 Å². The highest BCUT2D eigenvalue weighted by molar-refractivity contribution is 6.31. The van der Waals surface area contributed by atoms with Crippen molar-refractivity contribution in [1.29, 1.82) is 0 Å². The van der Waals surface area contributed by atoms with Crippen LogP contribution in [0.15, 0.2) is 18.2 Å². The minimum atomic E-state index is -0.482. The number of amides is 1. The molecular formula is C12H15ClN2O2. The number of halogens is 1. The Hall–Kier alpha value is -1.10. The minimum absolute atomic E-state index is 0.233. The molecule has 1 aromatic rings. The average molecular weight is 255 g/mol. The van der Waals surface area contributed by atoms with Crippen molar-refractivity contribution < 1.29 is 9.53 Å². The molecule has 4 nitrogen and oxygen atoms in total. The Kier molecular flexibility index (Phi) is 3.66. The maximum Gasteiger partial charge on any atom is 0.248 e. The second kappa shape index (κ2) is 5.04. The Morgan fingerprint density at radius 2 is 2.18 bits per heavy atom. The van der Waals surface area contributed by atoms with Crippen LogP contribution in [0.4, 0.5) is 0 Å². The lowest BCUT2D eigenvalue weighted by Gasteiger charge is -2.32. The summed E-state index contributed by atoms with van der Waals surface area (Å²) in [6, 6.07) is 5.25. The molecule has 17 heavy (non-hydrogen) atoms. The predicted molar refractivity (Wildman–Crippen MR) is 65.8 cm³/mol. The molecule has 0 aromatic heterocycles. The Morgan fingerprint density at radius 1 is 1.47 bits per heavy atom. The van der Waals surface area contributed by atoms with Gasteiger partial charge >= 0.3 is 0 Å². The van der Waals surface area contributed by atoms with Crippen molar-refractivity contribution in [1.82, 2.24) is 0 Å². The van der Waals surface area contributed by atoms with Gasteiger partial charge in [0.05, 0.1) is 12.7 Å². The fourth-order valence-corrected chi connectivity index (χ4v) is 2.00. The van der Waals surface area contributed by atoms with E-state index in [1.165, 1.54) is 0 Å². The highest BCUT2D eigenvalue weighted by atomic mass is 35.5. The molecule has 0 spiro atoms. The third kappa shape index (κ3) is 2.97. The largest absolute Gasteiger partial charge is 0.373 e. The number of carbonyl (C=O) groups excluding carboxylic acids is 1. The first kappa shape index (κ1) is 12.4. The maximum atomic E-state index is 10.9. The molecule has 1 aliphatic carbocycles. The summed E-state index contributed by atoms with van der Waals surface area (Å²) >= 11 is 6.03. The number of hydrogen-bond donors (Lipinski definition) is 2. The highest BCUT2D eigenvalue weighted by Gasteiger charge is 2.26. The molecule has 4 N–H and O–H groups in total. The third-order valence-electron chi connectivity index (χ3n) is 2.94. The van der Waals surface area contributed by atoms with Gasteiger partial charge in [-0.25, -0.2) is 0 Å². The van der Waals surface area contributed by atoms with E-state index in [1.54, 1.807) is 18.2 Å². The maximum absolute atomic E-state index is 10.9. The number of rotatable bonds is 4. The summed E-state index contributed by atoms with van der Waals surface area (Å²) in [7, 11) is 0. The van der Waals surface area contributed by atoms with Crippen LogP contribution in [0.25, 0.3) is 0 Å². The van der Waals surface area contributed by atoms with Crippen LogP contribution in [0, 0.1) is 0 Å². The van der Waals surface area contributed by atoms with Gasteiger partial charge in [-0.3, -0.25) is 4.79 Å². The molecule has 5 heteroatoms. The van der Waals surface area contributed by atoms with Crippen molar-refractivity contribution >= 4 is 17.5 Å². The van der Waals surface area contributed by atoms with Gasteiger partial charge in [0.1, 0.15) is 0 Å². The van der Waals surface area contributed by atoms with Gasteiger partial charge in [0.2, 0.25) is 5.91 Å². The van der Waals surface area contributed by atoms with Gasteiger partial charge in [0.15, 0.2) is 0 Å². The SMILES string of the molecule is NC(=O)c1ccc(COC2CC(N)C2)c(Cl)c1. The fourth-order valence-electron chi connectivity index (χ4n) is 1.77. The molecule has 1 aliphatic rings. The normalized spacial score (nSPS) is 23.2. The zero-order chi connectivity index (χ0) is 12.4. The van der Waals surface area contributed by atoms with Crippen LogP contribution >= 0.6 is 11.6 Å². The predicted octanol–water partition coefficient (Wildman–Crippen LogP) is 1.45. The number of nitrogens with two attached hydrogens (primary N) is 2. The molecule has 0 saturated heterocycles. The number of ether oxygens (including phenoxy) is 1. The topological polar surface area (TPSA) is 78.3 Å². The van der Waals surface area contributed by atoms with E-state index in [1.807, 2.05) is 0 Å². The van der Waals surface area contributed by atoms with E-state index < -0.39 is 5.91 Å². The summed E-state index contributed by atoms with van der Waals surface area (Å²) in [5.41, 5.74) is 12.1. The average Bonchev–Trinajstić information content (AvgIpc) is 2.24. The number of benzene rings is 1. The van der Waals surface area contributed by atoms with Crippen LogP contribution in [-0.4, -0.2) is 18.1 Å². The molecule has 0 bridgehead atoms. The van der Waals surface area contributed by atoms with E-state index in [2.05, 4.69) is 0 Å². The summed E-state index contributed by atoms with van der Waals surface area (Å²) in [5.74, 6) is -0.482. The molecule has 0 heterocycles. The van der Waals surface area contributed by atoms with Crippen molar-refractivity contribution in [3.8, 4) is 0 Å². The summed E-state index contributed by atoms with van der Waals surface area (Å²) < 4.78 is 5.63. The van der Waals surface area contributed by atoms with Crippen LogP contribution in [0.2, 0.25) is 5.02 Å². The molecule has 1 fully saturated rings. The molecule has 0 radical (unpaired) electrons. The van der Waals surface area contributed by atoms with Gasteiger partial charge in [0.25, 0.3) is 0 Å². The first-order chi connectivity index (χ1) is 8.06. The van der Waals surface area contributed by atoms with Crippen LogP contribution in [0.1, 0.15) is 28.8 Å². The molecular weight excluding hydrogens is 240 g/mol. The Balaban J connectivity index is 1.94. The van der Waals surface area contributed by atoms with E-state index >= 15 is 0 Å². The first-order valence-electron chi connectivity index (χ1n) is 5.51. The molecule has 0 atom stereocenters. The molecule has 92 valence electrons. The lowest BCUT2D eigenvalue weighted by molar-refractivity contribution is -0.0188. The van der Waals surface area contributed by atoms with E-state index in [4.69, 9.17) is 27.8 Å². The van der Waals surface area contributed by atoms with Gasteiger partial charge < -0.3 is 16.2 Å². The Morgan fingerprint density at radius 3 is 2.71 bits per heavy atom. The highest BCUT2D eigenvalue weighted by Crippen LogP contribution is 2.25. The smallest absolute Gasteiger partial charge is 0.248 e. The third-order valence-corrected chi connectivity index (χ3v) is 3.30. The van der Waals surface area contributed by atoms with Crippen molar-refractivity contribution in [3.63, 3.8) is 0 Å². The number of carbonyl (C=O) groups is 1. The lowest BCUT2D eigenvalue weighted by atomic mass is 9.90. The van der Waals surface area contributed by atoms with Crippen LogP contribution in [-0.2, 0) is 11.3 Å². The lowest BCUT2D eigenvalue weighted by Crippen LogP contribution is -2.41. The Labute approximate surface area is 105 Å². The van der Waals surface area contributed by atoms with Gasteiger partial charge in [0, 0.05) is 16.6 Å². The number of hydrogen-bond acceptors (Lipinski definition) is 3. The van der Waals surface area contributed by atoms with Crippen molar-refractivity contribution in [2.24, 2.45) is 11.5 Å². The van der Waals surface area contributed by atoms with Gasteiger partial charge in [-0.05, 0) is 30.5 Å². The minimum Gasteiger partial charge on any atom is -0.373 e. The summed E-state index contributed by atoms with van der Waals surface area (Å²) in [4.78, 5) is 10.9. The van der Waals surface area contributed by atoms with Gasteiger partial charge in [-0.2, -0.15) is 0 Å². The van der Waals surface area contributed by atoms with E-state index in [9.17, 15) is 4.79 Å². The zero-order valence-corrected chi connectivity index (χ0v) is 10.1. The first-order valence-corrected chi connectivity index (χ1v) is 5.89. The van der Waals surface area contributed by atoms with E-state index in [0.29, 0.717) is 17.2 Å². The van der Waals surface area contributed by atoms with E-state index in [-0.39, 0.29) is 12.1 Å². The Bertz CT molecular complexity index is 431. The molecule has 1 aromatic carbocycles. The molecule has 2 rings (SSSR count).